The minimum Gasteiger partial charge on any atom is -0.493 e. The van der Waals surface area contributed by atoms with Crippen molar-refractivity contribution in [2.75, 3.05) is 39.0 Å². The van der Waals surface area contributed by atoms with Gasteiger partial charge in [0.1, 0.15) is 11.5 Å². The third kappa shape index (κ3) is 5.54. The molecule has 0 spiro atoms. The highest BCUT2D eigenvalue weighted by atomic mass is 16.5. The van der Waals surface area contributed by atoms with Gasteiger partial charge in [-0.25, -0.2) is 9.97 Å². The minimum atomic E-state index is 0.0236. The van der Waals surface area contributed by atoms with Crippen LogP contribution in [0.25, 0.3) is 22.0 Å². The molecule has 1 amide bonds. The number of hydrogen-bond acceptors (Lipinski definition) is 7. The number of ether oxygens (including phenoxy) is 2. The Labute approximate surface area is 251 Å². The molecule has 0 radical (unpaired) electrons. The van der Waals surface area contributed by atoms with Crippen LogP contribution >= 0.6 is 0 Å². The molecular formula is C34H36N6O3. The van der Waals surface area contributed by atoms with E-state index >= 15 is 0 Å². The topological polar surface area (TPSA) is 98.7 Å². The minimum absolute atomic E-state index is 0.0236. The van der Waals surface area contributed by atoms with Crippen molar-refractivity contribution in [1.29, 1.82) is 0 Å². The number of amides is 1. The number of fused-ring (bicyclic) bond motifs is 1. The van der Waals surface area contributed by atoms with E-state index in [0.717, 1.165) is 72.4 Å². The molecule has 0 unspecified atom stereocenters. The normalized spacial score (nSPS) is 15.9. The Morgan fingerprint density at radius 3 is 2.65 bits per heavy atom. The standard InChI is InChI=1S/C34H36N6O3/c1-5-31(41)39-17-14-25(15-18-39)40-20-23(21-40)9-11-26-32(33-27(38(26)3)13-16-36-34(33)35)24-10-12-28(29(19-24)42-4)43-30-8-6-7-22(2)37-30/h5-8,10,12-13,16,19,23,25H,1,14-15,17-18,20-21H2,2-4H3,(H2,35,36). The number of carbonyl (C=O) groups excluding carboxylic acids is 1. The summed E-state index contributed by atoms with van der Waals surface area (Å²) in [4.78, 5) is 25.1. The summed E-state index contributed by atoms with van der Waals surface area (Å²) in [6.07, 6.45) is 5.10. The monoisotopic (exact) mass is 576 g/mol. The molecule has 0 bridgehead atoms. The number of aromatic nitrogens is 3. The number of hydrogen-bond donors (Lipinski definition) is 1. The van der Waals surface area contributed by atoms with E-state index in [9.17, 15) is 4.79 Å². The Morgan fingerprint density at radius 1 is 1.14 bits per heavy atom. The van der Waals surface area contributed by atoms with E-state index in [0.29, 0.717) is 29.2 Å². The number of likely N-dealkylation sites (tertiary alicyclic amines) is 2. The van der Waals surface area contributed by atoms with Gasteiger partial charge in [-0.3, -0.25) is 9.69 Å². The molecule has 2 N–H and O–H groups in total. The first kappa shape index (κ1) is 28.3. The predicted octanol–water partition coefficient (Wildman–Crippen LogP) is 4.79. The van der Waals surface area contributed by atoms with E-state index in [1.54, 1.807) is 13.3 Å². The van der Waals surface area contributed by atoms with Gasteiger partial charge in [0.05, 0.1) is 18.0 Å². The Morgan fingerprint density at radius 2 is 1.93 bits per heavy atom. The third-order valence-electron chi connectivity index (χ3n) is 8.44. The summed E-state index contributed by atoms with van der Waals surface area (Å²) in [5.41, 5.74) is 11.0. The number of carbonyl (C=O) groups is 1. The highest BCUT2D eigenvalue weighted by Crippen LogP contribution is 2.41. The van der Waals surface area contributed by atoms with E-state index in [1.165, 1.54) is 6.08 Å². The molecule has 2 aliphatic rings. The molecule has 0 atom stereocenters. The first-order chi connectivity index (χ1) is 20.9. The number of piperidine rings is 1. The summed E-state index contributed by atoms with van der Waals surface area (Å²) in [5.74, 6) is 9.44. The summed E-state index contributed by atoms with van der Waals surface area (Å²) in [7, 11) is 3.64. The molecule has 43 heavy (non-hydrogen) atoms. The van der Waals surface area contributed by atoms with Gasteiger partial charge < -0.3 is 24.7 Å². The van der Waals surface area contributed by atoms with Gasteiger partial charge in [-0.1, -0.05) is 24.6 Å². The lowest BCUT2D eigenvalue weighted by atomic mass is 9.93. The van der Waals surface area contributed by atoms with Crippen LogP contribution in [-0.4, -0.2) is 69.6 Å². The molecular weight excluding hydrogens is 540 g/mol. The molecule has 5 heterocycles. The number of nitrogens with zero attached hydrogens (tertiary/aromatic N) is 5. The van der Waals surface area contributed by atoms with E-state index in [4.69, 9.17) is 15.2 Å². The highest BCUT2D eigenvalue weighted by Gasteiger charge is 2.34. The molecule has 9 nitrogen and oxygen atoms in total. The van der Waals surface area contributed by atoms with Crippen LogP contribution in [0.5, 0.6) is 17.4 Å². The van der Waals surface area contributed by atoms with Crippen molar-refractivity contribution in [1.82, 2.24) is 24.3 Å². The molecule has 3 aromatic heterocycles. The number of anilines is 1. The highest BCUT2D eigenvalue weighted by molar-refractivity contribution is 6.05. The van der Waals surface area contributed by atoms with Crippen LogP contribution in [0, 0.1) is 24.7 Å². The maximum atomic E-state index is 11.9. The number of benzene rings is 1. The Bertz CT molecular complexity index is 1750. The fraction of sp³-hybridized carbons (Fsp3) is 0.324. The lowest BCUT2D eigenvalue weighted by Gasteiger charge is -2.45. The SMILES string of the molecule is C=CC(=O)N1CCC(N2CC(C#Cc3c(-c4ccc(Oc5cccc(C)n5)c(OC)c4)c4c(N)nccc4n3C)C2)CC1. The molecule has 9 heteroatoms. The van der Waals surface area contributed by atoms with Crippen LogP contribution in [0.3, 0.4) is 0 Å². The van der Waals surface area contributed by atoms with E-state index in [2.05, 4.69) is 37.9 Å². The maximum absolute atomic E-state index is 11.9. The molecule has 0 aliphatic carbocycles. The maximum Gasteiger partial charge on any atom is 0.245 e. The van der Waals surface area contributed by atoms with Crippen LogP contribution in [0.1, 0.15) is 24.2 Å². The molecule has 6 rings (SSSR count). The van der Waals surface area contributed by atoms with Gasteiger partial charge in [-0.15, -0.1) is 0 Å². The van der Waals surface area contributed by atoms with E-state index in [1.807, 2.05) is 61.3 Å². The molecule has 2 fully saturated rings. The van der Waals surface area contributed by atoms with E-state index in [-0.39, 0.29) is 11.8 Å². The van der Waals surface area contributed by atoms with Gasteiger partial charge in [-0.05, 0) is 61.6 Å². The number of rotatable bonds is 6. The number of pyridine rings is 2. The number of aryl methyl sites for hydroxylation is 2. The Hall–Kier alpha value is -4.81. The van der Waals surface area contributed by atoms with Crippen LogP contribution < -0.4 is 15.2 Å². The summed E-state index contributed by atoms with van der Waals surface area (Å²) >= 11 is 0. The van der Waals surface area contributed by atoms with Gasteiger partial charge in [0, 0.05) is 68.7 Å². The van der Waals surface area contributed by atoms with Crippen molar-refractivity contribution >= 4 is 22.6 Å². The van der Waals surface area contributed by atoms with Crippen molar-refractivity contribution in [3.63, 3.8) is 0 Å². The molecule has 2 aliphatic heterocycles. The number of methoxy groups -OCH3 is 1. The van der Waals surface area contributed by atoms with Gasteiger partial charge in [0.25, 0.3) is 0 Å². The molecule has 2 saturated heterocycles. The third-order valence-corrected chi connectivity index (χ3v) is 8.44. The van der Waals surface area contributed by atoms with Gasteiger partial charge in [-0.2, -0.15) is 0 Å². The zero-order valence-corrected chi connectivity index (χ0v) is 24.8. The van der Waals surface area contributed by atoms with Crippen LogP contribution in [0.15, 0.2) is 61.3 Å². The average molecular weight is 577 g/mol. The summed E-state index contributed by atoms with van der Waals surface area (Å²) < 4.78 is 13.9. The Kier molecular flexibility index (Phi) is 7.78. The summed E-state index contributed by atoms with van der Waals surface area (Å²) in [6, 6.07) is 13.9. The Balaban J connectivity index is 1.27. The lowest BCUT2D eigenvalue weighted by Crippen LogP contribution is -2.55. The zero-order valence-electron chi connectivity index (χ0n) is 24.8. The van der Waals surface area contributed by atoms with Crippen LogP contribution in [0.4, 0.5) is 5.82 Å². The van der Waals surface area contributed by atoms with Gasteiger partial charge in [0.2, 0.25) is 11.8 Å². The van der Waals surface area contributed by atoms with Crippen molar-refractivity contribution in [3.8, 4) is 40.3 Å². The molecule has 1 aromatic carbocycles. The summed E-state index contributed by atoms with van der Waals surface area (Å²) in [6.45, 7) is 8.97. The van der Waals surface area contributed by atoms with E-state index < -0.39 is 0 Å². The smallest absolute Gasteiger partial charge is 0.245 e. The van der Waals surface area contributed by atoms with Crippen LogP contribution in [-0.2, 0) is 11.8 Å². The lowest BCUT2D eigenvalue weighted by molar-refractivity contribution is -0.127. The first-order valence-electron chi connectivity index (χ1n) is 14.6. The van der Waals surface area contributed by atoms with Crippen molar-refractivity contribution in [2.24, 2.45) is 13.0 Å². The first-order valence-corrected chi connectivity index (χ1v) is 14.6. The van der Waals surface area contributed by atoms with Gasteiger partial charge >= 0.3 is 0 Å². The van der Waals surface area contributed by atoms with Crippen molar-refractivity contribution < 1.29 is 14.3 Å². The van der Waals surface area contributed by atoms with Crippen LogP contribution in [0.2, 0.25) is 0 Å². The second-order valence-electron chi connectivity index (χ2n) is 11.1. The fourth-order valence-electron chi connectivity index (χ4n) is 6.08. The second kappa shape index (κ2) is 11.8. The molecule has 220 valence electrons. The number of nitrogen functional groups attached to an aromatic ring is 1. The summed E-state index contributed by atoms with van der Waals surface area (Å²) in [5, 5.41) is 0.862. The second-order valence-corrected chi connectivity index (χ2v) is 11.1. The molecule has 4 aromatic rings. The van der Waals surface area contributed by atoms with Crippen molar-refractivity contribution in [3.05, 3.63) is 72.7 Å². The zero-order chi connectivity index (χ0) is 30.1. The number of nitrogens with two attached hydrogens (primary N) is 1. The average Bonchev–Trinajstić information content (AvgIpc) is 3.28. The molecule has 0 saturated carbocycles. The van der Waals surface area contributed by atoms with Crippen molar-refractivity contribution in [2.45, 2.75) is 25.8 Å². The predicted molar refractivity (Wildman–Crippen MR) is 168 cm³/mol. The van der Waals surface area contributed by atoms with Gasteiger partial charge in [0.15, 0.2) is 11.5 Å². The fourth-order valence-corrected chi connectivity index (χ4v) is 6.08. The largest absolute Gasteiger partial charge is 0.493 e. The quantitative estimate of drug-likeness (QED) is 0.260.